The van der Waals surface area contributed by atoms with Crippen molar-refractivity contribution in [3.8, 4) is 6.07 Å². The number of nitrogens with zero attached hydrogens (tertiary/aromatic N) is 2. The van der Waals surface area contributed by atoms with Gasteiger partial charge in [-0.05, 0) is 31.0 Å². The van der Waals surface area contributed by atoms with E-state index in [2.05, 4.69) is 6.07 Å². The summed E-state index contributed by atoms with van der Waals surface area (Å²) in [6, 6.07) is 7.18. The third kappa shape index (κ3) is 1.96. The van der Waals surface area contributed by atoms with Gasteiger partial charge in [0.15, 0.2) is 0 Å². The minimum absolute atomic E-state index is 0.0964. The van der Waals surface area contributed by atoms with E-state index >= 15 is 0 Å². The van der Waals surface area contributed by atoms with Crippen molar-refractivity contribution in [1.82, 2.24) is 0 Å². The topological polar surface area (TPSA) is 70.1 Å². The van der Waals surface area contributed by atoms with Crippen LogP contribution >= 0.6 is 0 Å². The maximum absolute atomic E-state index is 12.1. The Labute approximate surface area is 101 Å². The van der Waals surface area contributed by atoms with E-state index in [0.29, 0.717) is 23.5 Å². The first-order valence-corrected chi connectivity index (χ1v) is 5.78. The van der Waals surface area contributed by atoms with Gasteiger partial charge < -0.3 is 10.6 Å². The number of amides is 1. The van der Waals surface area contributed by atoms with Crippen molar-refractivity contribution in [2.45, 2.75) is 19.8 Å². The lowest BCUT2D eigenvalue weighted by atomic mass is 10.1. The molecule has 1 fully saturated rings. The van der Waals surface area contributed by atoms with E-state index in [0.717, 1.165) is 12.8 Å². The summed E-state index contributed by atoms with van der Waals surface area (Å²) in [5.41, 5.74) is 7.33. The lowest BCUT2D eigenvalue weighted by Gasteiger charge is -2.18. The molecule has 1 aliphatic heterocycles. The third-order valence-electron chi connectivity index (χ3n) is 3.24. The SMILES string of the molecule is CCC1CCN(c2ccc(N)cc2C#N)C1=O. The van der Waals surface area contributed by atoms with Gasteiger partial charge in [-0.15, -0.1) is 0 Å². The van der Waals surface area contributed by atoms with Gasteiger partial charge in [0.2, 0.25) is 5.91 Å². The van der Waals surface area contributed by atoms with Crippen molar-refractivity contribution in [1.29, 1.82) is 5.26 Å². The van der Waals surface area contributed by atoms with Crippen molar-refractivity contribution >= 4 is 17.3 Å². The van der Waals surface area contributed by atoms with E-state index in [4.69, 9.17) is 11.0 Å². The Morgan fingerprint density at radius 3 is 2.94 bits per heavy atom. The molecule has 2 rings (SSSR count). The molecule has 0 radical (unpaired) electrons. The molecular weight excluding hydrogens is 214 g/mol. The number of hydrogen-bond donors (Lipinski definition) is 1. The van der Waals surface area contributed by atoms with Crippen LogP contribution in [0.2, 0.25) is 0 Å². The van der Waals surface area contributed by atoms with Crippen LogP contribution in [0.5, 0.6) is 0 Å². The van der Waals surface area contributed by atoms with Gasteiger partial charge in [-0.3, -0.25) is 4.79 Å². The largest absolute Gasteiger partial charge is 0.399 e. The standard InChI is InChI=1S/C13H15N3O/c1-2-9-5-6-16(13(9)17)12-4-3-11(15)7-10(12)8-14/h3-4,7,9H,2,5-6,15H2,1H3. The maximum Gasteiger partial charge on any atom is 0.230 e. The van der Waals surface area contributed by atoms with Gasteiger partial charge in [0.25, 0.3) is 0 Å². The van der Waals surface area contributed by atoms with Gasteiger partial charge in [-0.2, -0.15) is 5.26 Å². The van der Waals surface area contributed by atoms with Crippen molar-refractivity contribution in [2.24, 2.45) is 5.92 Å². The van der Waals surface area contributed by atoms with Crippen molar-refractivity contribution in [3.63, 3.8) is 0 Å². The van der Waals surface area contributed by atoms with Crippen LogP contribution < -0.4 is 10.6 Å². The number of hydrogen-bond acceptors (Lipinski definition) is 3. The van der Waals surface area contributed by atoms with E-state index in [1.807, 2.05) is 6.92 Å². The second-order valence-corrected chi connectivity index (χ2v) is 4.27. The van der Waals surface area contributed by atoms with Crippen LogP contribution in [0.3, 0.4) is 0 Å². The Hall–Kier alpha value is -2.02. The zero-order chi connectivity index (χ0) is 12.4. The summed E-state index contributed by atoms with van der Waals surface area (Å²) in [7, 11) is 0. The molecule has 1 amide bonds. The van der Waals surface area contributed by atoms with Gasteiger partial charge in [0.05, 0.1) is 11.3 Å². The minimum atomic E-state index is 0.0964. The zero-order valence-corrected chi connectivity index (χ0v) is 9.81. The molecule has 0 bridgehead atoms. The van der Waals surface area contributed by atoms with Crippen molar-refractivity contribution in [2.75, 3.05) is 17.2 Å². The molecule has 4 heteroatoms. The molecular formula is C13H15N3O. The number of carbonyl (C=O) groups excluding carboxylic acids is 1. The molecule has 1 aromatic rings. The van der Waals surface area contributed by atoms with Gasteiger partial charge in [-0.1, -0.05) is 6.92 Å². The molecule has 0 saturated carbocycles. The summed E-state index contributed by atoms with van der Waals surface area (Å²) in [6.45, 7) is 2.70. The van der Waals surface area contributed by atoms with Crippen LogP contribution in [-0.4, -0.2) is 12.5 Å². The first-order chi connectivity index (χ1) is 8.17. The maximum atomic E-state index is 12.1. The highest BCUT2D eigenvalue weighted by Crippen LogP contribution is 2.30. The normalized spacial score (nSPS) is 19.4. The second-order valence-electron chi connectivity index (χ2n) is 4.27. The van der Waals surface area contributed by atoms with E-state index < -0.39 is 0 Å². The summed E-state index contributed by atoms with van der Waals surface area (Å²) in [5.74, 6) is 0.216. The fraction of sp³-hybridized carbons (Fsp3) is 0.385. The highest BCUT2D eigenvalue weighted by Gasteiger charge is 2.32. The third-order valence-corrected chi connectivity index (χ3v) is 3.24. The highest BCUT2D eigenvalue weighted by atomic mass is 16.2. The molecule has 17 heavy (non-hydrogen) atoms. The van der Waals surface area contributed by atoms with E-state index in [1.54, 1.807) is 23.1 Å². The summed E-state index contributed by atoms with van der Waals surface area (Å²) < 4.78 is 0. The summed E-state index contributed by atoms with van der Waals surface area (Å²) in [5, 5.41) is 9.07. The van der Waals surface area contributed by atoms with Gasteiger partial charge >= 0.3 is 0 Å². The molecule has 1 aromatic carbocycles. The summed E-state index contributed by atoms with van der Waals surface area (Å²) >= 11 is 0. The lowest BCUT2D eigenvalue weighted by Crippen LogP contribution is -2.27. The van der Waals surface area contributed by atoms with Crippen molar-refractivity contribution < 1.29 is 4.79 Å². The second kappa shape index (κ2) is 4.46. The van der Waals surface area contributed by atoms with Crippen molar-refractivity contribution in [3.05, 3.63) is 23.8 Å². The zero-order valence-electron chi connectivity index (χ0n) is 9.81. The first kappa shape index (κ1) is 11.5. The Morgan fingerprint density at radius 2 is 2.35 bits per heavy atom. The number of carbonyl (C=O) groups is 1. The predicted octanol–water partition coefficient (Wildman–Crippen LogP) is 1.90. The molecule has 1 unspecified atom stereocenters. The van der Waals surface area contributed by atoms with E-state index in [9.17, 15) is 4.79 Å². The van der Waals surface area contributed by atoms with Gasteiger partial charge in [0.1, 0.15) is 6.07 Å². The Kier molecular flexibility index (Phi) is 3.01. The quantitative estimate of drug-likeness (QED) is 0.787. The highest BCUT2D eigenvalue weighted by molar-refractivity contribution is 5.98. The summed E-state index contributed by atoms with van der Waals surface area (Å²) in [4.78, 5) is 13.8. The monoisotopic (exact) mass is 229 g/mol. The van der Waals surface area contributed by atoms with Crippen LogP contribution in [0.1, 0.15) is 25.3 Å². The van der Waals surface area contributed by atoms with Crippen LogP contribution in [0.4, 0.5) is 11.4 Å². The van der Waals surface area contributed by atoms with E-state index in [-0.39, 0.29) is 11.8 Å². The molecule has 88 valence electrons. The number of nitrogen functional groups attached to an aromatic ring is 1. The summed E-state index contributed by atoms with van der Waals surface area (Å²) in [6.07, 6.45) is 1.72. The van der Waals surface area contributed by atoms with Crippen LogP contribution in [-0.2, 0) is 4.79 Å². The Bertz CT molecular complexity index is 490. The van der Waals surface area contributed by atoms with Gasteiger partial charge in [-0.25, -0.2) is 0 Å². The van der Waals surface area contributed by atoms with E-state index in [1.165, 1.54) is 0 Å². The molecule has 1 saturated heterocycles. The smallest absolute Gasteiger partial charge is 0.230 e. The molecule has 1 atom stereocenters. The molecule has 0 aromatic heterocycles. The fourth-order valence-electron chi connectivity index (χ4n) is 2.24. The minimum Gasteiger partial charge on any atom is -0.399 e. The molecule has 1 aliphatic rings. The fourth-order valence-corrected chi connectivity index (χ4v) is 2.24. The Balaban J connectivity index is 2.36. The number of nitriles is 1. The molecule has 4 nitrogen and oxygen atoms in total. The predicted molar refractivity (Wildman–Crippen MR) is 66.3 cm³/mol. The number of anilines is 2. The molecule has 2 N–H and O–H groups in total. The first-order valence-electron chi connectivity index (χ1n) is 5.78. The average Bonchev–Trinajstić information content (AvgIpc) is 2.70. The van der Waals surface area contributed by atoms with Crippen LogP contribution in [0, 0.1) is 17.2 Å². The number of nitrogens with two attached hydrogens (primary N) is 1. The number of rotatable bonds is 2. The van der Waals surface area contributed by atoms with Crippen LogP contribution in [0.15, 0.2) is 18.2 Å². The van der Waals surface area contributed by atoms with Crippen LogP contribution in [0.25, 0.3) is 0 Å². The van der Waals surface area contributed by atoms with Gasteiger partial charge in [0, 0.05) is 18.2 Å². The molecule has 0 aliphatic carbocycles. The Morgan fingerprint density at radius 1 is 1.59 bits per heavy atom. The average molecular weight is 229 g/mol. The number of benzene rings is 1. The molecule has 1 heterocycles. The molecule has 0 spiro atoms. The lowest BCUT2D eigenvalue weighted by molar-refractivity contribution is -0.120.